The second-order valence-corrected chi connectivity index (χ2v) is 4.40. The van der Waals surface area contributed by atoms with Crippen molar-refractivity contribution in [3.63, 3.8) is 0 Å². The Balaban J connectivity index is 0.00000132. The summed E-state index contributed by atoms with van der Waals surface area (Å²) < 4.78 is 0. The van der Waals surface area contributed by atoms with E-state index in [4.69, 9.17) is 0 Å². The maximum absolute atomic E-state index is 12.2. The molecule has 1 N–H and O–H groups in total. The van der Waals surface area contributed by atoms with Gasteiger partial charge in [0, 0.05) is 17.3 Å². The maximum atomic E-state index is 12.2. The summed E-state index contributed by atoms with van der Waals surface area (Å²) in [6, 6.07) is 6.93. The van der Waals surface area contributed by atoms with Crippen LogP contribution in [0.4, 0.5) is 11.6 Å². The Kier molecular flexibility index (Phi) is 4.04. The summed E-state index contributed by atoms with van der Waals surface area (Å²) in [4.78, 5) is 32.4. The number of nitrogens with zero attached hydrogens (tertiary/aromatic N) is 3. The molecule has 2 aliphatic rings. The normalized spacial score (nSPS) is 18.5. The maximum Gasteiger partial charge on any atom is 1.00 e. The molecule has 6 nitrogen and oxygen atoms in total. The van der Waals surface area contributed by atoms with Gasteiger partial charge in [-0.15, -0.1) is 0 Å². The number of aromatic nitrogens is 2. The molecule has 0 saturated heterocycles. The van der Waals surface area contributed by atoms with Crippen molar-refractivity contribution in [2.75, 3.05) is 5.32 Å². The number of carbonyl (C=O) groups excluding carboxylic acids is 2. The molecule has 0 aromatic carbocycles. The summed E-state index contributed by atoms with van der Waals surface area (Å²) in [5.74, 6) is 0.0322. The first-order valence-corrected chi connectivity index (χ1v) is 5.98. The SMILES string of the molecule is O=C1[N-]c2ncccc2/C1=C1\C(=O)Nc2ncccc21.[Cs+]. The van der Waals surface area contributed by atoms with Gasteiger partial charge in [-0.05, 0) is 23.5 Å². The third kappa shape index (κ3) is 2.30. The van der Waals surface area contributed by atoms with Gasteiger partial charge >= 0.3 is 68.9 Å². The number of hydrogen-bond donors (Lipinski definition) is 1. The second kappa shape index (κ2) is 5.67. The van der Waals surface area contributed by atoms with Crippen LogP contribution in [0.5, 0.6) is 0 Å². The van der Waals surface area contributed by atoms with E-state index in [0.29, 0.717) is 28.3 Å². The molecule has 0 bridgehead atoms. The van der Waals surface area contributed by atoms with E-state index in [1.54, 1.807) is 36.7 Å². The van der Waals surface area contributed by atoms with E-state index in [2.05, 4.69) is 20.6 Å². The number of nitrogens with one attached hydrogen (secondary N) is 1. The van der Waals surface area contributed by atoms with Gasteiger partial charge in [-0.2, -0.15) is 0 Å². The van der Waals surface area contributed by atoms with Crippen LogP contribution in [0, 0.1) is 0 Å². The van der Waals surface area contributed by atoms with E-state index in [-0.39, 0.29) is 80.4 Å². The first-order valence-electron chi connectivity index (χ1n) is 5.98. The predicted molar refractivity (Wildman–Crippen MR) is 71.9 cm³/mol. The first kappa shape index (κ1) is 14.9. The summed E-state index contributed by atoms with van der Waals surface area (Å²) in [6.45, 7) is 0. The number of anilines is 1. The number of hydrogen-bond acceptors (Lipinski definition) is 4. The van der Waals surface area contributed by atoms with Crippen molar-refractivity contribution in [3.8, 4) is 0 Å². The van der Waals surface area contributed by atoms with Gasteiger partial charge in [-0.1, -0.05) is 18.3 Å². The fraction of sp³-hybridized carbons (Fsp3) is 0. The zero-order valence-electron chi connectivity index (χ0n) is 11.1. The Bertz CT molecular complexity index is 749. The summed E-state index contributed by atoms with van der Waals surface area (Å²) in [7, 11) is 0. The fourth-order valence-electron chi connectivity index (χ4n) is 2.44. The molecule has 7 heteroatoms. The number of pyridine rings is 2. The molecule has 0 aliphatic carbocycles. The minimum absolute atomic E-state index is 0. The molecule has 0 atom stereocenters. The Morgan fingerprint density at radius 2 is 1.67 bits per heavy atom. The molecule has 0 unspecified atom stereocenters. The Morgan fingerprint density at radius 3 is 2.48 bits per heavy atom. The molecule has 2 aromatic rings. The van der Waals surface area contributed by atoms with Crippen LogP contribution in [0.2, 0.25) is 0 Å². The monoisotopic (exact) mass is 396 g/mol. The molecule has 0 fully saturated rings. The Morgan fingerprint density at radius 1 is 0.952 bits per heavy atom. The van der Waals surface area contributed by atoms with Gasteiger partial charge in [-0.3, -0.25) is 9.59 Å². The molecule has 2 aromatic heterocycles. The van der Waals surface area contributed by atoms with Crippen LogP contribution in [-0.2, 0) is 9.59 Å². The molecule has 0 radical (unpaired) electrons. The quantitative estimate of drug-likeness (QED) is 0.573. The molecule has 0 spiro atoms. The van der Waals surface area contributed by atoms with E-state index < -0.39 is 5.91 Å². The van der Waals surface area contributed by atoms with Crippen LogP contribution in [0.3, 0.4) is 0 Å². The Labute approximate surface area is 178 Å². The molecule has 2 aliphatic heterocycles. The number of fused-ring (bicyclic) bond motifs is 2. The van der Waals surface area contributed by atoms with Crippen LogP contribution in [-0.4, -0.2) is 21.8 Å². The van der Waals surface area contributed by atoms with Crippen LogP contribution in [0.15, 0.2) is 36.7 Å². The number of carbonyl (C=O) groups is 2. The molecular weight excluding hydrogens is 389 g/mol. The Hall–Kier alpha value is -0.968. The third-order valence-corrected chi connectivity index (χ3v) is 3.26. The zero-order valence-corrected chi connectivity index (χ0v) is 17.4. The van der Waals surface area contributed by atoms with Gasteiger partial charge in [0.2, 0.25) is 0 Å². The first-order chi connectivity index (χ1) is 9.75. The zero-order chi connectivity index (χ0) is 13.7. The molecule has 4 rings (SSSR count). The summed E-state index contributed by atoms with van der Waals surface area (Å²) >= 11 is 0. The summed E-state index contributed by atoms with van der Waals surface area (Å²) in [6.07, 6.45) is 3.15. The van der Waals surface area contributed by atoms with Gasteiger partial charge in [0.05, 0.1) is 5.57 Å². The largest absolute Gasteiger partial charge is 1.00 e. The molecular formula is C14H7CsN4O2. The van der Waals surface area contributed by atoms with Gasteiger partial charge in [0.1, 0.15) is 5.82 Å². The van der Waals surface area contributed by atoms with Crippen LogP contribution in [0.25, 0.3) is 16.5 Å². The molecule has 0 saturated carbocycles. The van der Waals surface area contributed by atoms with Crippen molar-refractivity contribution in [1.29, 1.82) is 0 Å². The molecule has 2 amide bonds. The van der Waals surface area contributed by atoms with Crippen molar-refractivity contribution >= 4 is 34.6 Å². The van der Waals surface area contributed by atoms with E-state index in [0.717, 1.165) is 0 Å². The van der Waals surface area contributed by atoms with E-state index in [1.165, 1.54) is 0 Å². The van der Waals surface area contributed by atoms with E-state index in [9.17, 15) is 9.59 Å². The minimum atomic E-state index is -0.444. The van der Waals surface area contributed by atoms with Crippen molar-refractivity contribution in [1.82, 2.24) is 9.97 Å². The smallest absolute Gasteiger partial charge is 0.442 e. The van der Waals surface area contributed by atoms with E-state index in [1.807, 2.05) is 0 Å². The van der Waals surface area contributed by atoms with Gasteiger partial charge in [0.25, 0.3) is 5.91 Å². The predicted octanol–water partition coefficient (Wildman–Crippen LogP) is -1.11. The average molecular weight is 396 g/mol. The average Bonchev–Trinajstić information content (AvgIpc) is 2.94. The summed E-state index contributed by atoms with van der Waals surface area (Å²) in [5.41, 5.74) is 1.80. The van der Waals surface area contributed by atoms with Crippen molar-refractivity contribution in [2.24, 2.45) is 0 Å². The van der Waals surface area contributed by atoms with Crippen LogP contribution in [0.1, 0.15) is 11.1 Å². The van der Waals surface area contributed by atoms with Gasteiger partial charge in [0.15, 0.2) is 5.91 Å². The van der Waals surface area contributed by atoms with Gasteiger partial charge < -0.3 is 15.6 Å². The molecule has 21 heavy (non-hydrogen) atoms. The van der Waals surface area contributed by atoms with Crippen molar-refractivity contribution in [3.05, 3.63) is 53.1 Å². The molecule has 96 valence electrons. The second-order valence-electron chi connectivity index (χ2n) is 4.40. The number of amides is 2. The standard InChI is InChI=1S/C14H8N4O2.Cs/c19-13-9(7-3-1-5-15-11(7)17-13)10-8-4-2-6-16-12(8)18-14(10)20;/h1-6H,(H2,15,16,17,18,19,20);/q;+1/p-1. The fourth-order valence-corrected chi connectivity index (χ4v) is 2.44. The van der Waals surface area contributed by atoms with E-state index >= 15 is 0 Å². The van der Waals surface area contributed by atoms with Crippen LogP contribution >= 0.6 is 0 Å². The third-order valence-electron chi connectivity index (χ3n) is 3.26. The molecule has 4 heterocycles. The number of rotatable bonds is 0. The van der Waals surface area contributed by atoms with Crippen molar-refractivity contribution < 1.29 is 78.5 Å². The van der Waals surface area contributed by atoms with Crippen molar-refractivity contribution in [2.45, 2.75) is 0 Å². The minimum Gasteiger partial charge on any atom is -0.442 e. The topological polar surface area (TPSA) is 86.0 Å². The summed E-state index contributed by atoms with van der Waals surface area (Å²) in [5, 5.41) is 6.53. The van der Waals surface area contributed by atoms with Crippen LogP contribution < -0.4 is 74.2 Å². The van der Waals surface area contributed by atoms with Gasteiger partial charge in [-0.25, -0.2) is 4.98 Å².